The fourth-order valence-corrected chi connectivity index (χ4v) is 5.85. The van der Waals surface area contributed by atoms with Crippen molar-refractivity contribution < 1.29 is 22.4 Å². The predicted molar refractivity (Wildman–Crippen MR) is 122 cm³/mol. The van der Waals surface area contributed by atoms with Crippen molar-refractivity contribution in [3.63, 3.8) is 0 Å². The average Bonchev–Trinajstić information content (AvgIpc) is 3.20. The third-order valence-electron chi connectivity index (χ3n) is 6.26. The van der Waals surface area contributed by atoms with Gasteiger partial charge in [0.15, 0.2) is 6.04 Å². The number of alkyl halides is 3. The Morgan fingerprint density at radius 3 is 2.58 bits per heavy atom. The minimum absolute atomic E-state index is 0.0734. The summed E-state index contributed by atoms with van der Waals surface area (Å²) in [5, 5.41) is 3.28. The van der Waals surface area contributed by atoms with Gasteiger partial charge >= 0.3 is 6.18 Å². The minimum atomic E-state index is -4.65. The van der Waals surface area contributed by atoms with E-state index in [1.807, 2.05) is 0 Å². The molecular weight excluding hydrogens is 478 g/mol. The van der Waals surface area contributed by atoms with Crippen LogP contribution in [0.3, 0.4) is 0 Å². The number of anilines is 1. The molecule has 1 amide bonds. The molecule has 1 saturated heterocycles. The first-order valence-electron chi connectivity index (χ1n) is 10.7. The SMILES string of the molecule is CN(C(=O)C1CCSCC1)[C@@H](c1ccc(NC2Cc3ccc(Cl)c(F)c3C2)cn1)C(F)(F)F. The molecule has 1 N–H and O–H groups in total. The monoisotopic (exact) mass is 501 g/mol. The molecule has 4 rings (SSSR count). The molecule has 0 saturated carbocycles. The molecule has 4 nitrogen and oxygen atoms in total. The summed E-state index contributed by atoms with van der Waals surface area (Å²) >= 11 is 7.57. The van der Waals surface area contributed by atoms with Gasteiger partial charge in [-0.3, -0.25) is 9.78 Å². The van der Waals surface area contributed by atoms with Crippen LogP contribution in [-0.4, -0.2) is 46.6 Å². The normalized spacial score (nSPS) is 19.8. The predicted octanol–water partition coefficient (Wildman–Crippen LogP) is 5.66. The Bertz CT molecular complexity index is 1010. The summed E-state index contributed by atoms with van der Waals surface area (Å²) in [7, 11) is 1.20. The van der Waals surface area contributed by atoms with E-state index in [0.717, 1.165) is 22.0 Å². The van der Waals surface area contributed by atoms with E-state index in [0.29, 0.717) is 36.9 Å². The van der Waals surface area contributed by atoms with Crippen molar-refractivity contribution in [2.45, 2.75) is 43.9 Å². The zero-order valence-electron chi connectivity index (χ0n) is 18.0. The van der Waals surface area contributed by atoms with Gasteiger partial charge in [-0.2, -0.15) is 24.9 Å². The third-order valence-corrected chi connectivity index (χ3v) is 7.60. The van der Waals surface area contributed by atoms with E-state index in [-0.39, 0.29) is 22.7 Å². The van der Waals surface area contributed by atoms with Gasteiger partial charge in [0.05, 0.1) is 22.6 Å². The molecule has 178 valence electrons. The summed E-state index contributed by atoms with van der Waals surface area (Å²) < 4.78 is 56.0. The van der Waals surface area contributed by atoms with Crippen molar-refractivity contribution in [3.8, 4) is 0 Å². The number of thioether (sulfide) groups is 1. The smallest absolute Gasteiger partial charge is 0.380 e. The van der Waals surface area contributed by atoms with Crippen LogP contribution in [0.4, 0.5) is 23.2 Å². The Hall–Kier alpha value is -2.00. The zero-order chi connectivity index (χ0) is 23.8. The van der Waals surface area contributed by atoms with E-state index in [1.54, 1.807) is 17.8 Å². The number of benzene rings is 1. The van der Waals surface area contributed by atoms with Crippen LogP contribution in [0.1, 0.15) is 35.7 Å². The fraction of sp³-hybridized carbons (Fsp3) is 0.478. The number of aromatic nitrogens is 1. The largest absolute Gasteiger partial charge is 0.414 e. The highest BCUT2D eigenvalue weighted by Gasteiger charge is 2.47. The number of pyridine rings is 1. The number of nitrogens with zero attached hydrogens (tertiary/aromatic N) is 2. The minimum Gasteiger partial charge on any atom is -0.380 e. The maximum absolute atomic E-state index is 14.2. The number of halogens is 5. The molecule has 1 unspecified atom stereocenters. The molecule has 0 bridgehead atoms. The van der Waals surface area contributed by atoms with Gasteiger partial charge in [-0.25, -0.2) is 4.39 Å². The number of hydrogen-bond donors (Lipinski definition) is 1. The van der Waals surface area contributed by atoms with Gasteiger partial charge in [0, 0.05) is 19.0 Å². The summed E-state index contributed by atoms with van der Waals surface area (Å²) in [5.74, 6) is 0.247. The van der Waals surface area contributed by atoms with Crippen LogP contribution in [0, 0.1) is 11.7 Å². The van der Waals surface area contributed by atoms with E-state index < -0.39 is 23.9 Å². The maximum atomic E-state index is 14.2. The van der Waals surface area contributed by atoms with E-state index in [9.17, 15) is 22.4 Å². The Kier molecular flexibility index (Phi) is 7.09. The summed E-state index contributed by atoms with van der Waals surface area (Å²) in [4.78, 5) is 17.6. The Labute approximate surface area is 199 Å². The summed E-state index contributed by atoms with van der Waals surface area (Å²) in [6, 6.07) is 3.89. The lowest BCUT2D eigenvalue weighted by Gasteiger charge is -2.33. The second-order valence-electron chi connectivity index (χ2n) is 8.50. The number of rotatable bonds is 5. The molecule has 1 aliphatic heterocycles. The maximum Gasteiger partial charge on any atom is 0.414 e. The van der Waals surface area contributed by atoms with Crippen LogP contribution in [0.2, 0.25) is 5.02 Å². The van der Waals surface area contributed by atoms with E-state index in [1.165, 1.54) is 31.4 Å². The molecule has 0 spiro atoms. The number of nitrogens with one attached hydrogen (secondary N) is 1. The second kappa shape index (κ2) is 9.70. The van der Waals surface area contributed by atoms with Crippen LogP contribution in [0.15, 0.2) is 30.5 Å². The second-order valence-corrected chi connectivity index (χ2v) is 10.1. The lowest BCUT2D eigenvalue weighted by Crippen LogP contribution is -2.43. The topological polar surface area (TPSA) is 45.2 Å². The number of amides is 1. The standard InChI is InChI=1S/C23H24ClF4N3OS/c1-31(22(32)13-6-8-33-9-7-13)21(23(26,27)28)19-5-3-15(12-29-19)30-16-10-14-2-4-18(24)20(25)17(14)11-16/h2-5,12-13,16,21,30H,6-11H2,1H3/t16?,21-/m0/s1. The van der Waals surface area contributed by atoms with Gasteiger partial charge in [0.1, 0.15) is 5.82 Å². The zero-order valence-corrected chi connectivity index (χ0v) is 19.5. The lowest BCUT2D eigenvalue weighted by atomic mass is 9.99. The van der Waals surface area contributed by atoms with Gasteiger partial charge in [-0.1, -0.05) is 17.7 Å². The Morgan fingerprint density at radius 2 is 1.94 bits per heavy atom. The van der Waals surface area contributed by atoms with Gasteiger partial charge in [0.2, 0.25) is 5.91 Å². The third kappa shape index (κ3) is 5.24. The molecule has 1 fully saturated rings. The number of hydrogen-bond acceptors (Lipinski definition) is 4. The van der Waals surface area contributed by atoms with Crippen molar-refractivity contribution in [3.05, 3.63) is 58.1 Å². The quantitative estimate of drug-likeness (QED) is 0.537. The molecule has 1 aliphatic carbocycles. The molecule has 33 heavy (non-hydrogen) atoms. The molecular formula is C23H24ClF4N3OS. The van der Waals surface area contributed by atoms with Crippen LogP contribution >= 0.6 is 23.4 Å². The van der Waals surface area contributed by atoms with Gasteiger partial charge in [-0.05, 0) is 66.5 Å². The van der Waals surface area contributed by atoms with Crippen LogP contribution < -0.4 is 5.32 Å². The van der Waals surface area contributed by atoms with E-state index in [2.05, 4.69) is 10.3 Å². The summed E-state index contributed by atoms with van der Waals surface area (Å²) in [5.41, 5.74) is 1.71. The highest BCUT2D eigenvalue weighted by atomic mass is 35.5. The molecule has 0 radical (unpaired) electrons. The van der Waals surface area contributed by atoms with Crippen molar-refractivity contribution in [2.75, 3.05) is 23.9 Å². The van der Waals surface area contributed by atoms with Crippen LogP contribution in [0.25, 0.3) is 0 Å². The fourth-order valence-electron chi connectivity index (χ4n) is 4.56. The molecule has 2 atom stereocenters. The highest BCUT2D eigenvalue weighted by molar-refractivity contribution is 7.99. The first-order chi connectivity index (χ1) is 15.6. The average molecular weight is 502 g/mol. The lowest BCUT2D eigenvalue weighted by molar-refractivity contribution is -0.191. The first kappa shape index (κ1) is 24.1. The van der Waals surface area contributed by atoms with E-state index >= 15 is 0 Å². The highest BCUT2D eigenvalue weighted by Crippen LogP contribution is 2.38. The summed E-state index contributed by atoms with van der Waals surface area (Å²) in [6.07, 6.45) is -1.15. The molecule has 1 aromatic carbocycles. The molecule has 2 aromatic rings. The molecule has 1 aromatic heterocycles. The first-order valence-corrected chi connectivity index (χ1v) is 12.3. The Morgan fingerprint density at radius 1 is 1.21 bits per heavy atom. The van der Waals surface area contributed by atoms with Gasteiger partial charge in [0.25, 0.3) is 0 Å². The van der Waals surface area contributed by atoms with Crippen molar-refractivity contribution in [1.82, 2.24) is 9.88 Å². The number of carbonyl (C=O) groups excluding carboxylic acids is 1. The Balaban J connectivity index is 1.47. The van der Waals surface area contributed by atoms with Crippen LogP contribution in [0.5, 0.6) is 0 Å². The molecule has 2 heterocycles. The number of fused-ring (bicyclic) bond motifs is 1. The molecule has 10 heteroatoms. The van der Waals surface area contributed by atoms with Crippen LogP contribution in [-0.2, 0) is 17.6 Å². The van der Waals surface area contributed by atoms with Gasteiger partial charge < -0.3 is 10.2 Å². The molecule has 2 aliphatic rings. The van der Waals surface area contributed by atoms with E-state index in [4.69, 9.17) is 11.6 Å². The van der Waals surface area contributed by atoms with Crippen molar-refractivity contribution in [2.24, 2.45) is 5.92 Å². The number of carbonyl (C=O) groups is 1. The van der Waals surface area contributed by atoms with Gasteiger partial charge in [-0.15, -0.1) is 0 Å². The van der Waals surface area contributed by atoms with Crippen molar-refractivity contribution >= 4 is 35.0 Å². The van der Waals surface area contributed by atoms with Crippen molar-refractivity contribution in [1.29, 1.82) is 0 Å². The summed E-state index contributed by atoms with van der Waals surface area (Å²) in [6.45, 7) is 0.